The van der Waals surface area contributed by atoms with Crippen molar-refractivity contribution in [1.29, 1.82) is 0 Å². The molecule has 0 aliphatic rings. The minimum atomic E-state index is 0.551. The smallest absolute Gasteiger partial charge is 0.201 e. The van der Waals surface area contributed by atoms with Crippen molar-refractivity contribution in [3.63, 3.8) is 0 Å². The SMILES string of the molecule is Clc1c(I)nnc2nc[nH]c12. The van der Waals surface area contributed by atoms with Gasteiger partial charge in [-0.05, 0) is 22.6 Å². The van der Waals surface area contributed by atoms with Gasteiger partial charge in [0.2, 0.25) is 5.65 Å². The molecule has 1 N–H and O–H groups in total. The maximum atomic E-state index is 5.89. The van der Waals surface area contributed by atoms with Crippen LogP contribution in [0.1, 0.15) is 0 Å². The summed E-state index contributed by atoms with van der Waals surface area (Å²) in [7, 11) is 0. The summed E-state index contributed by atoms with van der Waals surface area (Å²) in [6.45, 7) is 0. The Morgan fingerprint density at radius 3 is 3.09 bits per heavy atom. The fourth-order valence-corrected chi connectivity index (χ4v) is 1.32. The van der Waals surface area contributed by atoms with Crippen molar-refractivity contribution in [3.8, 4) is 0 Å². The second-order valence-corrected chi connectivity index (χ2v) is 3.31. The Labute approximate surface area is 80.5 Å². The predicted octanol–water partition coefficient (Wildman–Crippen LogP) is 1.61. The normalized spacial score (nSPS) is 10.7. The Morgan fingerprint density at radius 2 is 2.27 bits per heavy atom. The highest BCUT2D eigenvalue weighted by Crippen LogP contribution is 2.21. The van der Waals surface area contributed by atoms with Crippen molar-refractivity contribution < 1.29 is 0 Å². The van der Waals surface area contributed by atoms with E-state index in [4.69, 9.17) is 11.6 Å². The first-order chi connectivity index (χ1) is 5.29. The van der Waals surface area contributed by atoms with E-state index in [0.29, 0.717) is 14.4 Å². The monoisotopic (exact) mass is 280 g/mol. The van der Waals surface area contributed by atoms with Gasteiger partial charge in [-0.25, -0.2) is 4.98 Å². The molecule has 0 aliphatic carbocycles. The van der Waals surface area contributed by atoms with Crippen LogP contribution in [0.2, 0.25) is 5.02 Å². The maximum absolute atomic E-state index is 5.89. The summed E-state index contributed by atoms with van der Waals surface area (Å²) in [5, 5.41) is 8.20. The van der Waals surface area contributed by atoms with Crippen LogP contribution in [0.4, 0.5) is 0 Å². The first-order valence-corrected chi connectivity index (χ1v) is 4.25. The minimum absolute atomic E-state index is 0.551. The largest absolute Gasteiger partial charge is 0.342 e. The molecule has 56 valence electrons. The lowest BCUT2D eigenvalue weighted by Crippen LogP contribution is -1.88. The van der Waals surface area contributed by atoms with E-state index in [9.17, 15) is 0 Å². The molecule has 0 saturated heterocycles. The Balaban J connectivity index is 2.93. The van der Waals surface area contributed by atoms with E-state index in [-0.39, 0.29) is 0 Å². The van der Waals surface area contributed by atoms with E-state index in [2.05, 4.69) is 20.2 Å². The summed E-state index contributed by atoms with van der Waals surface area (Å²) in [6, 6.07) is 0. The molecule has 2 aromatic heterocycles. The van der Waals surface area contributed by atoms with Crippen LogP contribution in [0.3, 0.4) is 0 Å². The predicted molar refractivity (Wildman–Crippen MR) is 49.4 cm³/mol. The van der Waals surface area contributed by atoms with Crippen LogP contribution >= 0.6 is 34.2 Å². The van der Waals surface area contributed by atoms with Gasteiger partial charge in [0.15, 0.2) is 0 Å². The summed E-state index contributed by atoms with van der Waals surface area (Å²) in [5.41, 5.74) is 1.29. The molecule has 0 amide bonds. The fraction of sp³-hybridized carbons (Fsp3) is 0. The molecule has 0 atom stereocenters. The van der Waals surface area contributed by atoms with Gasteiger partial charge in [0.1, 0.15) is 14.2 Å². The average Bonchev–Trinajstić information content (AvgIpc) is 2.45. The Morgan fingerprint density at radius 1 is 1.45 bits per heavy atom. The van der Waals surface area contributed by atoms with Gasteiger partial charge in [-0.2, -0.15) is 0 Å². The van der Waals surface area contributed by atoms with Gasteiger partial charge in [0.05, 0.1) is 6.33 Å². The van der Waals surface area contributed by atoms with Gasteiger partial charge in [-0.15, -0.1) is 10.2 Å². The molecule has 0 bridgehead atoms. The summed E-state index contributed by atoms with van der Waals surface area (Å²) in [4.78, 5) is 6.78. The van der Waals surface area contributed by atoms with Crippen LogP contribution in [0.25, 0.3) is 11.2 Å². The lowest BCUT2D eigenvalue weighted by Gasteiger charge is -1.92. The topological polar surface area (TPSA) is 54.5 Å². The van der Waals surface area contributed by atoms with Crippen molar-refractivity contribution >= 4 is 45.4 Å². The average molecular weight is 280 g/mol. The molecule has 2 aromatic rings. The van der Waals surface area contributed by atoms with Crippen LogP contribution in [0.5, 0.6) is 0 Å². The number of H-pyrrole nitrogens is 1. The molecule has 2 heterocycles. The maximum Gasteiger partial charge on any atom is 0.201 e. The third-order valence-electron chi connectivity index (χ3n) is 1.25. The van der Waals surface area contributed by atoms with Crippen molar-refractivity contribution in [2.45, 2.75) is 0 Å². The highest BCUT2D eigenvalue weighted by atomic mass is 127. The number of nitrogens with zero attached hydrogens (tertiary/aromatic N) is 3. The molecule has 0 radical (unpaired) electrons. The fourth-order valence-electron chi connectivity index (χ4n) is 0.763. The lowest BCUT2D eigenvalue weighted by molar-refractivity contribution is 1.03. The number of hydrogen-bond donors (Lipinski definition) is 1. The van der Waals surface area contributed by atoms with Crippen molar-refractivity contribution in [2.75, 3.05) is 0 Å². The standard InChI is InChI=1S/C5H2ClIN4/c6-2-3-5(9-1-8-3)11-10-4(2)7/h1H,(H,8,9,11). The van der Waals surface area contributed by atoms with Gasteiger partial charge in [-0.3, -0.25) is 0 Å². The van der Waals surface area contributed by atoms with E-state index in [1.807, 2.05) is 22.6 Å². The third kappa shape index (κ3) is 1.08. The molecule has 0 aromatic carbocycles. The minimum Gasteiger partial charge on any atom is -0.342 e. The molecular formula is C5H2ClIN4. The third-order valence-corrected chi connectivity index (χ3v) is 2.69. The van der Waals surface area contributed by atoms with Crippen LogP contribution in [0.15, 0.2) is 6.33 Å². The zero-order chi connectivity index (χ0) is 7.84. The van der Waals surface area contributed by atoms with Crippen LogP contribution in [-0.2, 0) is 0 Å². The number of nitrogens with one attached hydrogen (secondary N) is 1. The van der Waals surface area contributed by atoms with Crippen LogP contribution in [0, 0.1) is 3.70 Å². The second kappa shape index (κ2) is 2.56. The first-order valence-electron chi connectivity index (χ1n) is 2.80. The van der Waals surface area contributed by atoms with Gasteiger partial charge in [0.25, 0.3) is 0 Å². The molecule has 0 aliphatic heterocycles. The van der Waals surface area contributed by atoms with Gasteiger partial charge in [-0.1, -0.05) is 11.6 Å². The number of imidazole rings is 1. The quantitative estimate of drug-likeness (QED) is 0.746. The molecule has 11 heavy (non-hydrogen) atoms. The van der Waals surface area contributed by atoms with E-state index in [1.54, 1.807) is 6.33 Å². The molecular weight excluding hydrogens is 278 g/mol. The summed E-state index contributed by atoms with van der Waals surface area (Å²) in [5.74, 6) is 0. The number of halogens is 2. The van der Waals surface area contributed by atoms with E-state index in [0.717, 1.165) is 5.52 Å². The Hall–Kier alpha value is -0.430. The lowest BCUT2D eigenvalue weighted by atomic mass is 10.5. The summed E-state index contributed by atoms with van der Waals surface area (Å²) >= 11 is 7.90. The summed E-state index contributed by atoms with van der Waals surface area (Å²) in [6.07, 6.45) is 1.54. The number of fused-ring (bicyclic) bond motifs is 1. The zero-order valence-electron chi connectivity index (χ0n) is 5.17. The molecule has 0 unspecified atom stereocenters. The zero-order valence-corrected chi connectivity index (χ0v) is 8.09. The van der Waals surface area contributed by atoms with Gasteiger partial charge in [0, 0.05) is 0 Å². The number of aromatic amines is 1. The van der Waals surface area contributed by atoms with Crippen LogP contribution in [-0.4, -0.2) is 20.2 Å². The van der Waals surface area contributed by atoms with E-state index in [1.165, 1.54) is 0 Å². The second-order valence-electron chi connectivity index (χ2n) is 1.91. The number of aromatic nitrogens is 4. The number of hydrogen-bond acceptors (Lipinski definition) is 3. The molecule has 4 nitrogen and oxygen atoms in total. The van der Waals surface area contributed by atoms with E-state index < -0.39 is 0 Å². The molecule has 0 spiro atoms. The molecule has 6 heteroatoms. The van der Waals surface area contributed by atoms with Gasteiger partial charge >= 0.3 is 0 Å². The summed E-state index contributed by atoms with van der Waals surface area (Å²) < 4.78 is 0.681. The van der Waals surface area contributed by atoms with Crippen molar-refractivity contribution in [3.05, 3.63) is 15.1 Å². The Bertz CT molecular complexity index is 398. The number of rotatable bonds is 0. The highest BCUT2D eigenvalue weighted by molar-refractivity contribution is 14.1. The van der Waals surface area contributed by atoms with Crippen molar-refractivity contribution in [1.82, 2.24) is 20.2 Å². The first kappa shape index (κ1) is 7.23. The molecule has 2 rings (SSSR count). The van der Waals surface area contributed by atoms with Crippen molar-refractivity contribution in [2.24, 2.45) is 0 Å². The highest BCUT2D eigenvalue weighted by Gasteiger charge is 2.06. The molecule has 0 saturated carbocycles. The van der Waals surface area contributed by atoms with Gasteiger partial charge < -0.3 is 4.98 Å². The van der Waals surface area contributed by atoms with Crippen LogP contribution < -0.4 is 0 Å². The molecule has 0 fully saturated rings. The Kier molecular flexibility index (Phi) is 1.68. The van der Waals surface area contributed by atoms with E-state index >= 15 is 0 Å².